The van der Waals surface area contributed by atoms with Crippen molar-refractivity contribution in [3.63, 3.8) is 0 Å². The Hall–Kier alpha value is -2.67. The van der Waals surface area contributed by atoms with Gasteiger partial charge < -0.3 is 4.98 Å². The van der Waals surface area contributed by atoms with Gasteiger partial charge in [-0.05, 0) is 30.2 Å². The molecule has 0 bridgehead atoms. The number of halogens is 1. The number of anilines is 1. The van der Waals surface area contributed by atoms with Crippen LogP contribution in [0, 0.1) is 12.7 Å². The summed E-state index contributed by atoms with van der Waals surface area (Å²) in [5.41, 5.74) is 2.12. The van der Waals surface area contributed by atoms with Crippen molar-refractivity contribution in [3.05, 3.63) is 66.2 Å². The Kier molecular flexibility index (Phi) is 3.87. The highest BCUT2D eigenvalue weighted by Gasteiger charge is 2.19. The third kappa shape index (κ3) is 3.24. The Bertz CT molecular complexity index is 937. The van der Waals surface area contributed by atoms with Crippen LogP contribution in [0.3, 0.4) is 0 Å². The van der Waals surface area contributed by atoms with Gasteiger partial charge >= 0.3 is 0 Å². The van der Waals surface area contributed by atoms with Gasteiger partial charge in [0.1, 0.15) is 4.90 Å². The summed E-state index contributed by atoms with van der Waals surface area (Å²) in [6.45, 7) is 1.67. The van der Waals surface area contributed by atoms with E-state index < -0.39 is 15.8 Å². The molecule has 0 amide bonds. The molecule has 0 radical (unpaired) electrons. The van der Waals surface area contributed by atoms with Crippen LogP contribution < -0.4 is 4.72 Å². The number of pyridine rings is 1. The van der Waals surface area contributed by atoms with Crippen LogP contribution in [0.2, 0.25) is 0 Å². The number of hydrogen-bond donors (Lipinski definition) is 2. The van der Waals surface area contributed by atoms with Crippen LogP contribution in [-0.2, 0) is 10.0 Å². The molecule has 0 aliphatic rings. The second-order valence-electron chi connectivity index (χ2n) is 5.06. The molecule has 0 fully saturated rings. The first-order valence-corrected chi connectivity index (χ1v) is 8.33. The highest BCUT2D eigenvalue weighted by Crippen LogP contribution is 2.23. The number of hydrogen-bond acceptors (Lipinski definition) is 3. The fourth-order valence-electron chi connectivity index (χ4n) is 2.11. The molecule has 1 aromatic carbocycles. The normalized spacial score (nSPS) is 11.4. The number of sulfonamides is 1. The molecule has 0 saturated heterocycles. The van der Waals surface area contributed by atoms with Gasteiger partial charge in [0.25, 0.3) is 10.0 Å². The van der Waals surface area contributed by atoms with Crippen LogP contribution in [0.4, 0.5) is 10.2 Å². The first-order valence-electron chi connectivity index (χ1n) is 6.84. The molecule has 0 aliphatic heterocycles. The van der Waals surface area contributed by atoms with Crippen LogP contribution in [0.1, 0.15) is 5.56 Å². The molecule has 5 nitrogen and oxygen atoms in total. The van der Waals surface area contributed by atoms with Crippen molar-refractivity contribution in [1.29, 1.82) is 0 Å². The molecule has 2 aromatic heterocycles. The van der Waals surface area contributed by atoms with E-state index in [2.05, 4.69) is 14.7 Å². The topological polar surface area (TPSA) is 74.8 Å². The lowest BCUT2D eigenvalue weighted by atomic mass is 10.2. The summed E-state index contributed by atoms with van der Waals surface area (Å²) in [4.78, 5) is 6.69. The molecule has 3 rings (SSSR count). The highest BCUT2D eigenvalue weighted by molar-refractivity contribution is 7.92. The van der Waals surface area contributed by atoms with Crippen LogP contribution in [0.5, 0.6) is 0 Å². The average Bonchev–Trinajstić information content (AvgIpc) is 3.02. The van der Waals surface area contributed by atoms with E-state index in [-0.39, 0.29) is 10.7 Å². The fraction of sp³-hybridized carbons (Fsp3) is 0.0625. The van der Waals surface area contributed by atoms with E-state index in [1.165, 1.54) is 24.5 Å². The molecular weight excluding hydrogens is 317 g/mol. The number of aromatic nitrogens is 2. The average molecular weight is 331 g/mol. The van der Waals surface area contributed by atoms with Gasteiger partial charge in [-0.1, -0.05) is 30.3 Å². The number of rotatable bonds is 4. The van der Waals surface area contributed by atoms with Gasteiger partial charge in [0.2, 0.25) is 0 Å². The zero-order valence-corrected chi connectivity index (χ0v) is 13.1. The Balaban J connectivity index is 1.90. The van der Waals surface area contributed by atoms with Gasteiger partial charge in [0, 0.05) is 18.1 Å². The highest BCUT2D eigenvalue weighted by atomic mass is 32.2. The van der Waals surface area contributed by atoms with E-state index in [9.17, 15) is 12.8 Å². The molecule has 0 saturated carbocycles. The second-order valence-corrected chi connectivity index (χ2v) is 6.75. The summed E-state index contributed by atoms with van der Waals surface area (Å²) in [7, 11) is -3.92. The van der Waals surface area contributed by atoms with Gasteiger partial charge in [0.05, 0.1) is 0 Å². The van der Waals surface area contributed by atoms with Gasteiger partial charge in [0.15, 0.2) is 11.6 Å². The molecule has 0 aliphatic carbocycles. The summed E-state index contributed by atoms with van der Waals surface area (Å²) in [6, 6.07) is 12.0. The molecule has 0 spiro atoms. The van der Waals surface area contributed by atoms with Crippen LogP contribution in [0.25, 0.3) is 11.3 Å². The third-order valence-electron chi connectivity index (χ3n) is 3.26. The van der Waals surface area contributed by atoms with Gasteiger partial charge in [-0.3, -0.25) is 4.72 Å². The molecule has 7 heteroatoms. The summed E-state index contributed by atoms with van der Waals surface area (Å²) >= 11 is 0. The van der Waals surface area contributed by atoms with E-state index in [1.807, 2.05) is 30.3 Å². The molecule has 23 heavy (non-hydrogen) atoms. The number of nitrogens with zero attached hydrogens (tertiary/aromatic N) is 1. The summed E-state index contributed by atoms with van der Waals surface area (Å²) < 4.78 is 40.6. The van der Waals surface area contributed by atoms with Gasteiger partial charge in [-0.2, -0.15) is 0 Å². The number of aromatic amines is 1. The summed E-state index contributed by atoms with van der Waals surface area (Å²) in [5.74, 6) is -1.04. The van der Waals surface area contributed by atoms with E-state index in [0.29, 0.717) is 11.3 Å². The predicted octanol–water partition coefficient (Wildman–Crippen LogP) is 3.33. The smallest absolute Gasteiger partial charge is 0.264 e. The Morgan fingerprint density at radius 2 is 1.91 bits per heavy atom. The van der Waals surface area contributed by atoms with Crippen LogP contribution >= 0.6 is 0 Å². The Morgan fingerprint density at radius 1 is 1.17 bits per heavy atom. The zero-order valence-electron chi connectivity index (χ0n) is 12.2. The van der Waals surface area contributed by atoms with Crippen LogP contribution in [0.15, 0.2) is 59.8 Å². The minimum Gasteiger partial charge on any atom is -0.360 e. The van der Waals surface area contributed by atoms with Crippen molar-refractivity contribution in [2.75, 3.05) is 4.72 Å². The minimum absolute atomic E-state index is 0.0122. The van der Waals surface area contributed by atoms with Gasteiger partial charge in [-0.25, -0.2) is 17.8 Å². The predicted molar refractivity (Wildman–Crippen MR) is 86.0 cm³/mol. The van der Waals surface area contributed by atoms with Gasteiger partial charge in [-0.15, -0.1) is 0 Å². The number of nitrogens with one attached hydrogen (secondary N) is 2. The Labute approximate surface area is 133 Å². The molecule has 3 aromatic rings. The van der Waals surface area contributed by atoms with Crippen molar-refractivity contribution >= 4 is 15.8 Å². The number of H-pyrrole nitrogens is 1. The monoisotopic (exact) mass is 331 g/mol. The first-order chi connectivity index (χ1) is 11.0. The quantitative estimate of drug-likeness (QED) is 0.770. The third-order valence-corrected chi connectivity index (χ3v) is 4.58. The van der Waals surface area contributed by atoms with Crippen LogP contribution in [-0.4, -0.2) is 18.4 Å². The van der Waals surface area contributed by atoms with E-state index >= 15 is 0 Å². The first kappa shape index (κ1) is 15.2. The molecule has 2 N–H and O–H groups in total. The standard InChI is InChI=1S/C16H14FN3O2S/c1-11-7-14(17)16(19-9-11)20-23(21,22)13-8-15(18-10-13)12-5-3-2-4-6-12/h2-10,18H,1H3,(H,19,20). The van der Waals surface area contributed by atoms with E-state index in [1.54, 1.807) is 6.92 Å². The molecular formula is C16H14FN3O2S. The van der Waals surface area contributed by atoms with Crippen molar-refractivity contribution < 1.29 is 12.8 Å². The maximum absolute atomic E-state index is 13.8. The maximum Gasteiger partial charge on any atom is 0.264 e. The maximum atomic E-state index is 13.8. The van der Waals surface area contributed by atoms with Crippen molar-refractivity contribution in [2.45, 2.75) is 11.8 Å². The Morgan fingerprint density at radius 3 is 2.61 bits per heavy atom. The van der Waals surface area contributed by atoms with Crippen molar-refractivity contribution in [3.8, 4) is 11.3 Å². The fourth-order valence-corrected chi connectivity index (χ4v) is 3.12. The SMILES string of the molecule is Cc1cnc(NS(=O)(=O)c2c[nH]c(-c3ccccc3)c2)c(F)c1. The summed E-state index contributed by atoms with van der Waals surface area (Å²) in [6.07, 6.45) is 2.75. The zero-order chi connectivity index (χ0) is 16.4. The summed E-state index contributed by atoms with van der Waals surface area (Å²) in [5, 5.41) is 0. The van der Waals surface area contributed by atoms with Crippen molar-refractivity contribution in [1.82, 2.24) is 9.97 Å². The molecule has 0 atom stereocenters. The largest absolute Gasteiger partial charge is 0.360 e. The second kappa shape index (κ2) is 5.85. The number of benzene rings is 1. The lowest BCUT2D eigenvalue weighted by molar-refractivity contribution is 0.597. The molecule has 118 valence electrons. The lowest BCUT2D eigenvalue weighted by Crippen LogP contribution is -2.14. The lowest BCUT2D eigenvalue weighted by Gasteiger charge is -2.06. The van der Waals surface area contributed by atoms with E-state index in [0.717, 1.165) is 5.56 Å². The molecule has 0 unspecified atom stereocenters. The minimum atomic E-state index is -3.92. The molecule has 2 heterocycles. The van der Waals surface area contributed by atoms with Crippen molar-refractivity contribution in [2.24, 2.45) is 0 Å². The number of aryl methyl sites for hydroxylation is 1. The van der Waals surface area contributed by atoms with E-state index in [4.69, 9.17) is 0 Å².